The van der Waals surface area contributed by atoms with Crippen molar-refractivity contribution >= 4 is 5.91 Å². The summed E-state index contributed by atoms with van der Waals surface area (Å²) in [5.74, 6) is 1.98. The number of amides is 1. The summed E-state index contributed by atoms with van der Waals surface area (Å²) >= 11 is 0. The molecule has 9 nitrogen and oxygen atoms in total. The van der Waals surface area contributed by atoms with Gasteiger partial charge >= 0.3 is 0 Å². The van der Waals surface area contributed by atoms with E-state index in [0.717, 1.165) is 6.42 Å². The first kappa shape index (κ1) is 17.7. The first-order valence-electron chi connectivity index (χ1n) is 8.48. The molecule has 3 heterocycles. The molecule has 3 aromatic rings. The van der Waals surface area contributed by atoms with Crippen LogP contribution in [0.15, 0.2) is 35.5 Å². The first-order valence-corrected chi connectivity index (χ1v) is 8.48. The van der Waals surface area contributed by atoms with E-state index in [-0.39, 0.29) is 5.91 Å². The zero-order valence-corrected chi connectivity index (χ0v) is 15.0. The zero-order valence-electron chi connectivity index (χ0n) is 15.0. The average molecular weight is 355 g/mol. The van der Waals surface area contributed by atoms with Gasteiger partial charge in [0.15, 0.2) is 5.82 Å². The van der Waals surface area contributed by atoms with E-state index in [4.69, 9.17) is 4.52 Å². The van der Waals surface area contributed by atoms with Gasteiger partial charge in [0, 0.05) is 24.7 Å². The lowest BCUT2D eigenvalue weighted by Crippen LogP contribution is -2.31. The van der Waals surface area contributed by atoms with Crippen molar-refractivity contribution in [1.29, 1.82) is 0 Å². The predicted octanol–water partition coefficient (Wildman–Crippen LogP) is 1.91. The summed E-state index contributed by atoms with van der Waals surface area (Å²) in [5.41, 5.74) is 0.524. The molecule has 0 aromatic carbocycles. The van der Waals surface area contributed by atoms with Crippen LogP contribution in [0.4, 0.5) is 0 Å². The minimum absolute atomic E-state index is 0.126. The molecule has 1 amide bonds. The van der Waals surface area contributed by atoms with Crippen molar-refractivity contribution in [1.82, 2.24) is 34.8 Å². The second kappa shape index (κ2) is 7.85. The molecular formula is C17H21N7O2. The number of rotatable bonds is 7. The third-order valence-corrected chi connectivity index (χ3v) is 3.77. The number of carbonyl (C=O) groups excluding carboxylic acids is 1. The Morgan fingerprint density at radius 2 is 2.08 bits per heavy atom. The summed E-state index contributed by atoms with van der Waals surface area (Å²) in [5, 5.41) is 11.5. The summed E-state index contributed by atoms with van der Waals surface area (Å²) in [4.78, 5) is 23.1. The molecule has 0 aliphatic carbocycles. The minimum atomic E-state index is -0.126. The van der Waals surface area contributed by atoms with Crippen LogP contribution in [0.3, 0.4) is 0 Å². The van der Waals surface area contributed by atoms with Gasteiger partial charge in [-0.1, -0.05) is 19.0 Å². The van der Waals surface area contributed by atoms with Gasteiger partial charge in [0.25, 0.3) is 5.91 Å². The largest absolute Gasteiger partial charge is 0.339 e. The number of pyridine rings is 1. The normalized spacial score (nSPS) is 11.1. The van der Waals surface area contributed by atoms with Gasteiger partial charge in [0.2, 0.25) is 5.89 Å². The number of nitrogens with zero attached hydrogens (tertiary/aromatic N) is 7. The van der Waals surface area contributed by atoms with Crippen molar-refractivity contribution in [3.8, 4) is 5.82 Å². The molecule has 0 unspecified atom stereocenters. The summed E-state index contributed by atoms with van der Waals surface area (Å²) < 4.78 is 6.89. The predicted molar refractivity (Wildman–Crippen MR) is 92.4 cm³/mol. The van der Waals surface area contributed by atoms with Crippen LogP contribution >= 0.6 is 0 Å². The monoisotopic (exact) mass is 355 g/mol. The smallest absolute Gasteiger partial charge is 0.254 e. The number of hydrogen-bond donors (Lipinski definition) is 0. The van der Waals surface area contributed by atoms with Gasteiger partial charge in [-0.15, -0.1) is 10.2 Å². The van der Waals surface area contributed by atoms with Crippen LogP contribution in [0.2, 0.25) is 0 Å². The molecule has 0 fully saturated rings. The fourth-order valence-electron chi connectivity index (χ4n) is 2.48. The van der Waals surface area contributed by atoms with E-state index in [2.05, 4.69) is 39.2 Å². The molecule has 0 spiro atoms. The quantitative estimate of drug-likeness (QED) is 0.637. The zero-order chi connectivity index (χ0) is 18.5. The molecule has 136 valence electrons. The van der Waals surface area contributed by atoms with Gasteiger partial charge in [-0.25, -0.2) is 4.98 Å². The highest BCUT2D eigenvalue weighted by Crippen LogP contribution is 2.12. The minimum Gasteiger partial charge on any atom is -0.339 e. The lowest BCUT2D eigenvalue weighted by Gasteiger charge is -2.19. The highest BCUT2D eigenvalue weighted by atomic mass is 16.5. The Kier molecular flexibility index (Phi) is 5.35. The molecule has 26 heavy (non-hydrogen) atoms. The van der Waals surface area contributed by atoms with Crippen LogP contribution in [0.5, 0.6) is 0 Å². The Morgan fingerprint density at radius 1 is 1.31 bits per heavy atom. The second-order valence-electron chi connectivity index (χ2n) is 6.29. The molecule has 0 radical (unpaired) electrons. The molecule has 0 saturated carbocycles. The Balaban J connectivity index is 1.75. The van der Waals surface area contributed by atoms with Crippen molar-refractivity contribution in [3.05, 3.63) is 48.3 Å². The Labute approximate surface area is 151 Å². The molecule has 0 N–H and O–H groups in total. The highest BCUT2D eigenvalue weighted by Gasteiger charge is 2.18. The van der Waals surface area contributed by atoms with Crippen LogP contribution in [-0.2, 0) is 13.0 Å². The van der Waals surface area contributed by atoms with Crippen LogP contribution in [0.25, 0.3) is 5.82 Å². The van der Waals surface area contributed by atoms with Gasteiger partial charge in [-0.2, -0.15) is 4.98 Å². The number of carbonyl (C=O) groups is 1. The summed E-state index contributed by atoms with van der Waals surface area (Å²) in [6.07, 6.45) is 5.37. The molecule has 0 saturated heterocycles. The maximum absolute atomic E-state index is 12.9. The van der Waals surface area contributed by atoms with E-state index < -0.39 is 0 Å². The highest BCUT2D eigenvalue weighted by molar-refractivity contribution is 5.94. The lowest BCUT2D eigenvalue weighted by atomic mass is 10.1. The molecule has 0 aliphatic rings. The molecule has 3 rings (SSSR count). The van der Waals surface area contributed by atoms with E-state index in [1.54, 1.807) is 27.8 Å². The van der Waals surface area contributed by atoms with E-state index in [1.807, 2.05) is 6.92 Å². The fraction of sp³-hybridized carbons (Fsp3) is 0.412. The Bertz CT molecular complexity index is 858. The van der Waals surface area contributed by atoms with Gasteiger partial charge in [0.1, 0.15) is 18.5 Å². The van der Waals surface area contributed by atoms with Crippen LogP contribution in [0, 0.1) is 5.92 Å². The molecule has 0 atom stereocenters. The summed E-state index contributed by atoms with van der Waals surface area (Å²) in [6.45, 7) is 6.90. The SMILES string of the molecule is CCN(Cc1noc(CC(C)C)n1)C(=O)c1ccnc(-n2cnnc2)c1. The standard InChI is InChI=1S/C17H21N7O2/c1-4-23(9-14-21-16(26-22-14)7-12(2)3)17(25)13-5-6-18-15(8-13)24-10-19-20-11-24/h5-6,8,10-12H,4,7,9H2,1-3H3. The van der Waals surface area contributed by atoms with Gasteiger partial charge < -0.3 is 9.42 Å². The Morgan fingerprint density at radius 3 is 2.77 bits per heavy atom. The van der Waals surface area contributed by atoms with Crippen molar-refractivity contribution in [3.63, 3.8) is 0 Å². The maximum Gasteiger partial charge on any atom is 0.254 e. The second-order valence-corrected chi connectivity index (χ2v) is 6.29. The van der Waals surface area contributed by atoms with Crippen LogP contribution < -0.4 is 0 Å². The van der Waals surface area contributed by atoms with Crippen molar-refractivity contribution in [2.24, 2.45) is 5.92 Å². The maximum atomic E-state index is 12.9. The van der Waals surface area contributed by atoms with E-state index in [1.165, 1.54) is 12.7 Å². The fourth-order valence-corrected chi connectivity index (χ4v) is 2.48. The molecule has 0 bridgehead atoms. The van der Waals surface area contributed by atoms with Crippen molar-refractivity contribution in [2.45, 2.75) is 33.7 Å². The molecule has 9 heteroatoms. The Hall–Kier alpha value is -3.10. The summed E-state index contributed by atoms with van der Waals surface area (Å²) in [6, 6.07) is 3.38. The summed E-state index contributed by atoms with van der Waals surface area (Å²) in [7, 11) is 0. The topological polar surface area (TPSA) is 103 Å². The van der Waals surface area contributed by atoms with E-state index in [0.29, 0.717) is 42.1 Å². The lowest BCUT2D eigenvalue weighted by molar-refractivity contribution is 0.0747. The van der Waals surface area contributed by atoms with E-state index in [9.17, 15) is 4.79 Å². The average Bonchev–Trinajstić information content (AvgIpc) is 3.31. The number of aromatic nitrogens is 6. The molecule has 0 aliphatic heterocycles. The number of hydrogen-bond acceptors (Lipinski definition) is 7. The molecule has 3 aromatic heterocycles. The third-order valence-electron chi connectivity index (χ3n) is 3.77. The molecular weight excluding hydrogens is 334 g/mol. The third kappa shape index (κ3) is 4.11. The van der Waals surface area contributed by atoms with Gasteiger partial charge in [0.05, 0.1) is 6.54 Å². The van der Waals surface area contributed by atoms with Gasteiger partial charge in [-0.05, 0) is 25.0 Å². The van der Waals surface area contributed by atoms with E-state index >= 15 is 0 Å². The first-order chi connectivity index (χ1) is 12.6. The van der Waals surface area contributed by atoms with Gasteiger partial charge in [-0.3, -0.25) is 9.36 Å². The van der Waals surface area contributed by atoms with Crippen molar-refractivity contribution < 1.29 is 9.32 Å². The van der Waals surface area contributed by atoms with Crippen LogP contribution in [-0.4, -0.2) is 47.2 Å². The van der Waals surface area contributed by atoms with Crippen molar-refractivity contribution in [2.75, 3.05) is 6.54 Å². The van der Waals surface area contributed by atoms with Crippen LogP contribution in [0.1, 0.15) is 42.8 Å².